The molecule has 2 N–H and O–H groups in total. The zero-order valence-corrected chi connectivity index (χ0v) is 16.8. The molecule has 30 heavy (non-hydrogen) atoms. The lowest BCUT2D eigenvalue weighted by Crippen LogP contribution is -2.30. The van der Waals surface area contributed by atoms with E-state index in [-0.39, 0.29) is 11.9 Å². The van der Waals surface area contributed by atoms with E-state index >= 15 is 0 Å². The highest BCUT2D eigenvalue weighted by Crippen LogP contribution is 2.34. The molecule has 1 fully saturated rings. The Kier molecular flexibility index (Phi) is 4.17. The summed E-state index contributed by atoms with van der Waals surface area (Å²) < 4.78 is 0. The van der Waals surface area contributed by atoms with E-state index in [0.29, 0.717) is 29.9 Å². The van der Waals surface area contributed by atoms with Gasteiger partial charge in [0.25, 0.3) is 5.91 Å². The Hall–Kier alpha value is -3.87. The van der Waals surface area contributed by atoms with Crippen molar-refractivity contribution < 1.29 is 9.59 Å². The second-order valence-corrected chi connectivity index (χ2v) is 7.55. The standard InChI is InChI=1S/C23H21N5O2/c1-14-13-25-20-17(21(14)28-12-11-27(2)23(28)30)6-4-8-19(20)26-22(29)16-5-3-7-18-15(16)9-10-24-18/h3-10,13,24H,11-12H2,1-2H3,(H,26,29). The van der Waals surface area contributed by atoms with Crippen molar-refractivity contribution in [2.24, 2.45) is 0 Å². The van der Waals surface area contributed by atoms with Crippen LogP contribution in [0.15, 0.2) is 54.9 Å². The lowest BCUT2D eigenvalue weighted by atomic mass is 10.1. The summed E-state index contributed by atoms with van der Waals surface area (Å²) in [6, 6.07) is 13.1. The number of aromatic nitrogens is 2. The zero-order chi connectivity index (χ0) is 20.8. The number of urea groups is 1. The van der Waals surface area contributed by atoms with Crippen LogP contribution in [0, 0.1) is 6.92 Å². The first-order valence-corrected chi connectivity index (χ1v) is 9.83. The summed E-state index contributed by atoms with van der Waals surface area (Å²) in [4.78, 5) is 36.9. The topological polar surface area (TPSA) is 81.3 Å². The lowest BCUT2D eigenvalue weighted by Gasteiger charge is -2.21. The van der Waals surface area contributed by atoms with Gasteiger partial charge in [0.15, 0.2) is 0 Å². The quantitative estimate of drug-likeness (QED) is 0.543. The molecule has 0 saturated carbocycles. The average Bonchev–Trinajstić information content (AvgIpc) is 3.35. The van der Waals surface area contributed by atoms with Gasteiger partial charge in [-0.3, -0.25) is 14.7 Å². The van der Waals surface area contributed by atoms with Gasteiger partial charge in [-0.25, -0.2) is 4.79 Å². The van der Waals surface area contributed by atoms with E-state index in [0.717, 1.165) is 27.5 Å². The summed E-state index contributed by atoms with van der Waals surface area (Å²) in [6.45, 7) is 3.26. The maximum atomic E-state index is 13.0. The number of nitrogens with one attached hydrogen (secondary N) is 2. The summed E-state index contributed by atoms with van der Waals surface area (Å²) in [7, 11) is 1.80. The molecule has 0 atom stereocenters. The van der Waals surface area contributed by atoms with Gasteiger partial charge in [0.1, 0.15) is 0 Å². The highest BCUT2D eigenvalue weighted by Gasteiger charge is 2.29. The smallest absolute Gasteiger partial charge is 0.324 e. The third-order valence-corrected chi connectivity index (χ3v) is 5.63. The minimum atomic E-state index is -0.200. The Morgan fingerprint density at radius 2 is 1.93 bits per heavy atom. The SMILES string of the molecule is Cc1cnc2c(NC(=O)c3cccc4[nH]ccc34)cccc2c1N1CCN(C)C1=O. The number of hydrogen-bond acceptors (Lipinski definition) is 3. The number of aromatic amines is 1. The van der Waals surface area contributed by atoms with Crippen molar-refractivity contribution in [1.29, 1.82) is 0 Å². The summed E-state index contributed by atoms with van der Waals surface area (Å²) >= 11 is 0. The summed E-state index contributed by atoms with van der Waals surface area (Å²) in [6.07, 6.45) is 3.58. The Morgan fingerprint density at radius 3 is 2.73 bits per heavy atom. The van der Waals surface area contributed by atoms with Crippen LogP contribution in [0.1, 0.15) is 15.9 Å². The number of amides is 3. The Morgan fingerprint density at radius 1 is 1.10 bits per heavy atom. The molecule has 3 heterocycles. The molecule has 0 radical (unpaired) electrons. The van der Waals surface area contributed by atoms with E-state index in [1.165, 1.54) is 0 Å². The van der Waals surface area contributed by atoms with Crippen molar-refractivity contribution in [3.8, 4) is 0 Å². The second-order valence-electron chi connectivity index (χ2n) is 7.55. The zero-order valence-electron chi connectivity index (χ0n) is 16.8. The minimum absolute atomic E-state index is 0.0285. The van der Waals surface area contributed by atoms with Gasteiger partial charge >= 0.3 is 6.03 Å². The molecule has 150 valence electrons. The molecule has 4 aromatic rings. The van der Waals surface area contributed by atoms with Crippen LogP contribution < -0.4 is 10.2 Å². The maximum absolute atomic E-state index is 13.0. The molecule has 1 aliphatic heterocycles. The van der Waals surface area contributed by atoms with Gasteiger partial charge in [-0.15, -0.1) is 0 Å². The van der Waals surface area contributed by atoms with Crippen molar-refractivity contribution in [1.82, 2.24) is 14.9 Å². The number of pyridine rings is 1. The van der Waals surface area contributed by atoms with Gasteiger partial charge in [-0.2, -0.15) is 0 Å². The van der Waals surface area contributed by atoms with E-state index in [1.807, 2.05) is 49.5 Å². The highest BCUT2D eigenvalue weighted by molar-refractivity contribution is 6.16. The van der Waals surface area contributed by atoms with E-state index < -0.39 is 0 Å². The Balaban J connectivity index is 1.58. The fourth-order valence-corrected chi connectivity index (χ4v) is 4.10. The van der Waals surface area contributed by atoms with Crippen molar-refractivity contribution in [3.63, 3.8) is 0 Å². The van der Waals surface area contributed by atoms with Crippen LogP contribution in [0.25, 0.3) is 21.8 Å². The molecule has 0 bridgehead atoms. The van der Waals surface area contributed by atoms with Gasteiger partial charge in [-0.1, -0.05) is 18.2 Å². The van der Waals surface area contributed by atoms with E-state index in [2.05, 4.69) is 15.3 Å². The lowest BCUT2D eigenvalue weighted by molar-refractivity contribution is 0.102. The summed E-state index contributed by atoms with van der Waals surface area (Å²) in [5.41, 5.74) is 4.55. The fraction of sp³-hybridized carbons (Fsp3) is 0.174. The monoisotopic (exact) mass is 399 g/mol. The highest BCUT2D eigenvalue weighted by atomic mass is 16.2. The molecule has 5 rings (SSSR count). The molecule has 1 aliphatic rings. The van der Waals surface area contributed by atoms with Crippen molar-refractivity contribution in [3.05, 3.63) is 66.0 Å². The van der Waals surface area contributed by atoms with Gasteiger partial charge < -0.3 is 15.2 Å². The Labute approximate surface area is 173 Å². The van der Waals surface area contributed by atoms with Crippen LogP contribution in [-0.2, 0) is 0 Å². The van der Waals surface area contributed by atoms with E-state index in [4.69, 9.17) is 0 Å². The van der Waals surface area contributed by atoms with Crippen LogP contribution in [0.3, 0.4) is 0 Å². The molecular weight excluding hydrogens is 378 g/mol. The molecular formula is C23H21N5O2. The fourth-order valence-electron chi connectivity index (χ4n) is 4.10. The number of H-pyrrole nitrogens is 1. The third kappa shape index (κ3) is 2.78. The largest absolute Gasteiger partial charge is 0.361 e. The number of carbonyl (C=O) groups is 2. The first-order chi connectivity index (χ1) is 14.5. The molecule has 3 amide bonds. The number of para-hydroxylation sites is 1. The number of nitrogens with zero attached hydrogens (tertiary/aromatic N) is 3. The molecule has 7 heteroatoms. The number of hydrogen-bond donors (Lipinski definition) is 2. The molecule has 7 nitrogen and oxygen atoms in total. The predicted octanol–water partition coefficient (Wildman–Crippen LogP) is 4.15. The van der Waals surface area contributed by atoms with Crippen molar-refractivity contribution >= 4 is 45.1 Å². The number of carbonyl (C=O) groups excluding carboxylic acids is 2. The first kappa shape index (κ1) is 18.2. The first-order valence-electron chi connectivity index (χ1n) is 9.83. The molecule has 0 spiro atoms. The van der Waals surface area contributed by atoms with Crippen LogP contribution in [-0.4, -0.2) is 46.9 Å². The van der Waals surface area contributed by atoms with Gasteiger partial charge in [0.05, 0.1) is 16.9 Å². The number of likely N-dealkylation sites (N-methyl/N-ethyl adjacent to an activating group) is 1. The second kappa shape index (κ2) is 6.88. The van der Waals surface area contributed by atoms with Crippen molar-refractivity contribution in [2.75, 3.05) is 30.4 Å². The third-order valence-electron chi connectivity index (χ3n) is 5.63. The normalized spacial score (nSPS) is 14.1. The van der Waals surface area contributed by atoms with Crippen molar-refractivity contribution in [2.45, 2.75) is 6.92 Å². The minimum Gasteiger partial charge on any atom is -0.361 e. The summed E-state index contributed by atoms with van der Waals surface area (Å²) in [5, 5.41) is 4.72. The van der Waals surface area contributed by atoms with Crippen LogP contribution in [0.4, 0.5) is 16.2 Å². The summed E-state index contributed by atoms with van der Waals surface area (Å²) in [5.74, 6) is -0.200. The number of benzene rings is 2. The number of aryl methyl sites for hydroxylation is 1. The van der Waals surface area contributed by atoms with Gasteiger partial charge in [-0.05, 0) is 36.8 Å². The van der Waals surface area contributed by atoms with Gasteiger partial charge in [0.2, 0.25) is 0 Å². The molecule has 2 aromatic carbocycles. The van der Waals surface area contributed by atoms with E-state index in [9.17, 15) is 9.59 Å². The number of rotatable bonds is 3. The van der Waals surface area contributed by atoms with Crippen LogP contribution >= 0.6 is 0 Å². The molecule has 2 aromatic heterocycles. The molecule has 0 unspecified atom stereocenters. The number of anilines is 2. The molecule has 0 aliphatic carbocycles. The number of fused-ring (bicyclic) bond motifs is 2. The van der Waals surface area contributed by atoms with Crippen LogP contribution in [0.2, 0.25) is 0 Å². The maximum Gasteiger partial charge on any atom is 0.324 e. The average molecular weight is 399 g/mol. The predicted molar refractivity (Wildman–Crippen MR) is 118 cm³/mol. The van der Waals surface area contributed by atoms with Crippen LogP contribution in [0.5, 0.6) is 0 Å². The Bertz CT molecular complexity index is 1310. The molecule has 1 saturated heterocycles. The van der Waals surface area contributed by atoms with Gasteiger partial charge in [0, 0.05) is 54.4 Å². The van der Waals surface area contributed by atoms with E-state index in [1.54, 1.807) is 29.1 Å².